The van der Waals surface area contributed by atoms with Crippen molar-refractivity contribution in [2.24, 2.45) is 20.5 Å². The third-order valence-corrected chi connectivity index (χ3v) is 5.18. The number of hydrogen-bond donors (Lipinski definition) is 4. The summed E-state index contributed by atoms with van der Waals surface area (Å²) in [5.74, 6) is -0.380. The van der Waals surface area contributed by atoms with Gasteiger partial charge in [0.1, 0.15) is 34.4 Å². The summed E-state index contributed by atoms with van der Waals surface area (Å²) in [4.78, 5) is 0. The molecule has 0 atom stereocenters. The molecule has 4 N–H and O–H groups in total. The quantitative estimate of drug-likeness (QED) is 0.231. The lowest BCUT2D eigenvalue weighted by Crippen LogP contribution is -1.83. The van der Waals surface area contributed by atoms with Gasteiger partial charge in [0, 0.05) is 12.1 Å². The number of benzene rings is 4. The van der Waals surface area contributed by atoms with Gasteiger partial charge in [-0.05, 0) is 84.6 Å². The SMILES string of the molecule is Cc1cc(-c2ccc(N=Nc3ccc(O)cc3O)c(C)c2)ccc1N=Nc1ccc(O)cc1O. The summed E-state index contributed by atoms with van der Waals surface area (Å²) in [7, 11) is 0. The number of hydrogen-bond acceptors (Lipinski definition) is 8. The van der Waals surface area contributed by atoms with Gasteiger partial charge in [-0.2, -0.15) is 10.2 Å². The van der Waals surface area contributed by atoms with Gasteiger partial charge in [0.05, 0.1) is 11.4 Å². The fraction of sp³-hybridized carbons (Fsp3) is 0.0769. The second-order valence-corrected chi connectivity index (χ2v) is 7.75. The minimum atomic E-state index is -0.147. The maximum absolute atomic E-state index is 9.86. The predicted octanol–water partition coefficient (Wildman–Crippen LogP) is 7.62. The Labute approximate surface area is 195 Å². The molecule has 4 aromatic carbocycles. The second kappa shape index (κ2) is 9.41. The van der Waals surface area contributed by atoms with Crippen LogP contribution in [0.5, 0.6) is 23.0 Å². The van der Waals surface area contributed by atoms with Crippen molar-refractivity contribution in [3.05, 3.63) is 83.9 Å². The van der Waals surface area contributed by atoms with E-state index in [-0.39, 0.29) is 34.4 Å². The molecule has 0 heterocycles. The molecule has 0 aliphatic heterocycles. The molecule has 4 rings (SSSR count). The molecule has 34 heavy (non-hydrogen) atoms. The molecular weight excluding hydrogens is 432 g/mol. The van der Waals surface area contributed by atoms with Crippen LogP contribution >= 0.6 is 0 Å². The average Bonchev–Trinajstić information content (AvgIpc) is 2.79. The standard InChI is InChI=1S/C26H22N4O4/c1-15-11-17(3-7-21(15)27-29-23-9-5-19(31)13-25(23)33)18-4-8-22(16(2)12-18)28-30-24-10-6-20(32)14-26(24)34/h3-14,31-34H,1-2H3. The Morgan fingerprint density at radius 1 is 0.441 bits per heavy atom. The molecule has 170 valence electrons. The molecule has 0 saturated heterocycles. The van der Waals surface area contributed by atoms with Gasteiger partial charge < -0.3 is 20.4 Å². The fourth-order valence-electron chi connectivity index (χ4n) is 3.30. The first-order valence-corrected chi connectivity index (χ1v) is 10.4. The molecule has 4 aromatic rings. The highest BCUT2D eigenvalue weighted by Crippen LogP contribution is 2.35. The molecule has 0 radical (unpaired) electrons. The van der Waals surface area contributed by atoms with Crippen LogP contribution in [0, 0.1) is 13.8 Å². The highest BCUT2D eigenvalue weighted by molar-refractivity contribution is 5.70. The van der Waals surface area contributed by atoms with Crippen LogP contribution in [0.25, 0.3) is 11.1 Å². The molecule has 0 amide bonds. The van der Waals surface area contributed by atoms with Gasteiger partial charge in [-0.15, -0.1) is 10.2 Å². The van der Waals surface area contributed by atoms with E-state index in [1.54, 1.807) is 0 Å². The number of phenolic OH excluding ortho intramolecular Hbond substituents is 4. The Morgan fingerprint density at radius 2 is 0.794 bits per heavy atom. The third-order valence-electron chi connectivity index (χ3n) is 5.18. The van der Waals surface area contributed by atoms with Crippen LogP contribution in [0.4, 0.5) is 22.7 Å². The van der Waals surface area contributed by atoms with E-state index < -0.39 is 0 Å². The minimum Gasteiger partial charge on any atom is -0.508 e. The van der Waals surface area contributed by atoms with Crippen LogP contribution in [-0.4, -0.2) is 20.4 Å². The zero-order valence-corrected chi connectivity index (χ0v) is 18.5. The zero-order chi connectivity index (χ0) is 24.2. The number of aromatic hydroxyl groups is 4. The van der Waals surface area contributed by atoms with Gasteiger partial charge >= 0.3 is 0 Å². The van der Waals surface area contributed by atoms with Crippen LogP contribution in [0.2, 0.25) is 0 Å². The third kappa shape index (κ3) is 5.02. The lowest BCUT2D eigenvalue weighted by molar-refractivity contribution is 0.450. The Hall–Kier alpha value is -4.72. The first-order valence-electron chi connectivity index (χ1n) is 10.4. The highest BCUT2D eigenvalue weighted by Gasteiger charge is 2.07. The first-order chi connectivity index (χ1) is 16.3. The Morgan fingerprint density at radius 3 is 1.15 bits per heavy atom. The highest BCUT2D eigenvalue weighted by atomic mass is 16.3. The smallest absolute Gasteiger partial charge is 0.146 e. The van der Waals surface area contributed by atoms with E-state index in [1.807, 2.05) is 50.2 Å². The van der Waals surface area contributed by atoms with Gasteiger partial charge in [-0.1, -0.05) is 12.1 Å². The molecule has 0 aromatic heterocycles. The van der Waals surface area contributed by atoms with Crippen molar-refractivity contribution >= 4 is 22.7 Å². The number of rotatable bonds is 5. The number of nitrogens with zero attached hydrogens (tertiary/aromatic N) is 4. The largest absolute Gasteiger partial charge is 0.508 e. The van der Waals surface area contributed by atoms with Crippen molar-refractivity contribution in [3.63, 3.8) is 0 Å². The van der Waals surface area contributed by atoms with E-state index >= 15 is 0 Å². The maximum atomic E-state index is 9.86. The lowest BCUT2D eigenvalue weighted by Gasteiger charge is -2.08. The maximum Gasteiger partial charge on any atom is 0.146 e. The van der Waals surface area contributed by atoms with Gasteiger partial charge in [0.15, 0.2) is 0 Å². The van der Waals surface area contributed by atoms with Gasteiger partial charge in [0.2, 0.25) is 0 Å². The summed E-state index contributed by atoms with van der Waals surface area (Å²) in [6.45, 7) is 3.85. The summed E-state index contributed by atoms with van der Waals surface area (Å²) in [5.41, 5.74) is 5.65. The summed E-state index contributed by atoms with van der Waals surface area (Å²) >= 11 is 0. The number of phenols is 4. The van der Waals surface area contributed by atoms with E-state index in [4.69, 9.17) is 0 Å². The van der Waals surface area contributed by atoms with Crippen molar-refractivity contribution < 1.29 is 20.4 Å². The average molecular weight is 454 g/mol. The summed E-state index contributed by atoms with van der Waals surface area (Å²) in [6.07, 6.45) is 0. The monoisotopic (exact) mass is 454 g/mol. The molecule has 0 aliphatic rings. The normalized spacial score (nSPS) is 11.5. The Kier molecular flexibility index (Phi) is 6.22. The molecule has 0 spiro atoms. The van der Waals surface area contributed by atoms with Crippen LogP contribution in [0.1, 0.15) is 11.1 Å². The molecule has 0 aliphatic carbocycles. The molecule has 0 saturated carbocycles. The van der Waals surface area contributed by atoms with Crippen molar-refractivity contribution in [2.45, 2.75) is 13.8 Å². The van der Waals surface area contributed by atoms with Crippen LogP contribution in [-0.2, 0) is 0 Å². The molecule has 0 fully saturated rings. The van der Waals surface area contributed by atoms with E-state index in [2.05, 4.69) is 20.5 Å². The van der Waals surface area contributed by atoms with Crippen molar-refractivity contribution in [1.82, 2.24) is 0 Å². The predicted molar refractivity (Wildman–Crippen MR) is 129 cm³/mol. The minimum absolute atomic E-state index is 0.0433. The Balaban J connectivity index is 1.54. The molecule has 8 nitrogen and oxygen atoms in total. The van der Waals surface area contributed by atoms with Gasteiger partial charge in [-0.3, -0.25) is 0 Å². The number of azo groups is 2. The summed E-state index contributed by atoms with van der Waals surface area (Å²) in [6, 6.07) is 19.8. The Bertz CT molecular complexity index is 1320. The molecule has 8 heteroatoms. The number of aryl methyl sites for hydroxylation is 2. The van der Waals surface area contributed by atoms with Crippen LogP contribution < -0.4 is 0 Å². The van der Waals surface area contributed by atoms with Crippen molar-refractivity contribution in [2.75, 3.05) is 0 Å². The fourth-order valence-corrected chi connectivity index (χ4v) is 3.30. The lowest BCUT2D eigenvalue weighted by atomic mass is 10.0. The molecule has 0 unspecified atom stereocenters. The summed E-state index contributed by atoms with van der Waals surface area (Å²) in [5, 5.41) is 55.1. The topological polar surface area (TPSA) is 130 Å². The van der Waals surface area contributed by atoms with Crippen molar-refractivity contribution in [3.8, 4) is 34.1 Å². The van der Waals surface area contributed by atoms with Crippen LogP contribution in [0.15, 0.2) is 93.3 Å². The summed E-state index contributed by atoms with van der Waals surface area (Å²) < 4.78 is 0. The van der Waals surface area contributed by atoms with Gasteiger partial charge in [-0.25, -0.2) is 0 Å². The van der Waals surface area contributed by atoms with E-state index in [1.165, 1.54) is 36.4 Å². The zero-order valence-electron chi connectivity index (χ0n) is 18.5. The molecular formula is C26H22N4O4. The van der Waals surface area contributed by atoms with E-state index in [0.29, 0.717) is 11.4 Å². The first kappa shape index (κ1) is 22.5. The van der Waals surface area contributed by atoms with Crippen LogP contribution in [0.3, 0.4) is 0 Å². The van der Waals surface area contributed by atoms with E-state index in [0.717, 1.165) is 22.3 Å². The molecule has 0 bridgehead atoms. The van der Waals surface area contributed by atoms with Crippen molar-refractivity contribution in [1.29, 1.82) is 0 Å². The van der Waals surface area contributed by atoms with E-state index in [9.17, 15) is 20.4 Å². The van der Waals surface area contributed by atoms with Gasteiger partial charge in [0.25, 0.3) is 0 Å². The second-order valence-electron chi connectivity index (χ2n) is 7.75.